The van der Waals surface area contributed by atoms with Crippen LogP contribution in [0.1, 0.15) is 38.7 Å². The minimum absolute atomic E-state index is 0.000556. The van der Waals surface area contributed by atoms with E-state index in [1.165, 1.54) is 25.3 Å². The van der Waals surface area contributed by atoms with Gasteiger partial charge in [0.1, 0.15) is 5.82 Å². The molecule has 21 heavy (non-hydrogen) atoms. The van der Waals surface area contributed by atoms with Crippen LogP contribution in [0.25, 0.3) is 0 Å². The van der Waals surface area contributed by atoms with Gasteiger partial charge in [-0.3, -0.25) is 16.2 Å². The Hall–Kier alpha value is -0.490. The van der Waals surface area contributed by atoms with E-state index in [0.29, 0.717) is 12.0 Å². The molecule has 0 radical (unpaired) electrons. The van der Waals surface area contributed by atoms with Crippen LogP contribution in [0.15, 0.2) is 22.7 Å². The molecular formula is C16H25BrFN3. The topological polar surface area (TPSA) is 41.3 Å². The minimum Gasteiger partial charge on any atom is -0.297 e. The number of benzene rings is 1. The van der Waals surface area contributed by atoms with Crippen molar-refractivity contribution in [1.82, 2.24) is 10.3 Å². The molecular weight excluding hydrogens is 333 g/mol. The zero-order chi connectivity index (χ0) is 15.5. The van der Waals surface area contributed by atoms with Crippen molar-refractivity contribution < 1.29 is 4.39 Å². The summed E-state index contributed by atoms with van der Waals surface area (Å²) in [7, 11) is 0. The molecule has 1 fully saturated rings. The van der Waals surface area contributed by atoms with Gasteiger partial charge in [-0.2, -0.15) is 0 Å². The maximum Gasteiger partial charge on any atom is 0.126 e. The van der Waals surface area contributed by atoms with E-state index in [-0.39, 0.29) is 17.4 Å². The first kappa shape index (κ1) is 16.9. The van der Waals surface area contributed by atoms with E-state index in [9.17, 15) is 4.39 Å². The van der Waals surface area contributed by atoms with Crippen molar-refractivity contribution >= 4 is 15.9 Å². The monoisotopic (exact) mass is 357 g/mol. The third kappa shape index (κ3) is 4.03. The molecule has 0 aromatic heterocycles. The summed E-state index contributed by atoms with van der Waals surface area (Å²) < 4.78 is 14.9. The number of nitrogens with two attached hydrogens (primary N) is 1. The van der Waals surface area contributed by atoms with Crippen LogP contribution in [0.5, 0.6) is 0 Å². The van der Waals surface area contributed by atoms with Gasteiger partial charge in [0.25, 0.3) is 0 Å². The molecule has 118 valence electrons. The molecule has 0 aliphatic carbocycles. The smallest absolute Gasteiger partial charge is 0.126 e. The number of halogens is 2. The molecule has 0 bridgehead atoms. The van der Waals surface area contributed by atoms with Crippen molar-refractivity contribution in [2.75, 3.05) is 13.1 Å². The lowest BCUT2D eigenvalue weighted by Gasteiger charge is -2.45. The highest BCUT2D eigenvalue weighted by Gasteiger charge is 2.35. The molecule has 1 aliphatic heterocycles. The molecule has 1 unspecified atom stereocenters. The predicted octanol–water partition coefficient (Wildman–Crippen LogP) is 3.23. The molecule has 3 nitrogen and oxygen atoms in total. The van der Waals surface area contributed by atoms with Gasteiger partial charge < -0.3 is 0 Å². The normalized spacial score (nSPS) is 18.7. The number of nitrogens with one attached hydrogen (secondary N) is 1. The van der Waals surface area contributed by atoms with E-state index in [0.717, 1.165) is 17.6 Å². The summed E-state index contributed by atoms with van der Waals surface area (Å²) >= 11 is 3.41. The van der Waals surface area contributed by atoms with Crippen LogP contribution < -0.4 is 11.3 Å². The number of rotatable bonds is 5. The standard InChI is InChI=1S/C16H25BrFN3/c1-16(2,21-8-4-3-5-9-21)15(20-19)11-12-10-13(17)6-7-14(12)18/h6-7,10,15,20H,3-5,8-9,11,19H2,1-2H3. The van der Waals surface area contributed by atoms with E-state index in [4.69, 9.17) is 5.84 Å². The Morgan fingerprint density at radius 1 is 1.33 bits per heavy atom. The van der Waals surface area contributed by atoms with Crippen molar-refractivity contribution in [1.29, 1.82) is 0 Å². The molecule has 0 spiro atoms. The Labute approximate surface area is 135 Å². The summed E-state index contributed by atoms with van der Waals surface area (Å²) in [6.07, 6.45) is 4.33. The van der Waals surface area contributed by atoms with Crippen molar-refractivity contribution in [3.63, 3.8) is 0 Å². The van der Waals surface area contributed by atoms with Crippen molar-refractivity contribution in [2.45, 2.75) is 51.1 Å². The summed E-state index contributed by atoms with van der Waals surface area (Å²) in [5.74, 6) is 5.62. The van der Waals surface area contributed by atoms with Crippen molar-refractivity contribution in [3.8, 4) is 0 Å². The number of nitrogens with zero attached hydrogens (tertiary/aromatic N) is 1. The van der Waals surface area contributed by atoms with Gasteiger partial charge in [0.05, 0.1) is 0 Å². The van der Waals surface area contributed by atoms with Gasteiger partial charge in [0.15, 0.2) is 0 Å². The van der Waals surface area contributed by atoms with Gasteiger partial charge in [0.2, 0.25) is 0 Å². The summed E-state index contributed by atoms with van der Waals surface area (Å²) in [5.41, 5.74) is 3.50. The predicted molar refractivity (Wildman–Crippen MR) is 88.4 cm³/mol. The Kier molecular flexibility index (Phi) is 5.77. The van der Waals surface area contributed by atoms with Gasteiger partial charge >= 0.3 is 0 Å². The third-order valence-corrected chi connectivity index (χ3v) is 5.15. The first-order valence-electron chi connectivity index (χ1n) is 7.60. The average Bonchev–Trinajstić information content (AvgIpc) is 2.48. The summed E-state index contributed by atoms with van der Waals surface area (Å²) in [5, 5.41) is 0. The Balaban J connectivity index is 2.16. The van der Waals surface area contributed by atoms with Crippen LogP contribution in [-0.4, -0.2) is 29.6 Å². The molecule has 1 aromatic rings. The number of hydrogen-bond donors (Lipinski definition) is 2. The highest BCUT2D eigenvalue weighted by atomic mass is 79.9. The lowest BCUT2D eigenvalue weighted by molar-refractivity contribution is 0.0608. The van der Waals surface area contributed by atoms with Crippen molar-refractivity contribution in [2.24, 2.45) is 5.84 Å². The second-order valence-electron chi connectivity index (χ2n) is 6.36. The molecule has 1 aromatic carbocycles. The number of hydrogen-bond acceptors (Lipinski definition) is 3. The van der Waals surface area contributed by atoms with E-state index in [1.54, 1.807) is 6.07 Å². The van der Waals surface area contributed by atoms with Crippen LogP contribution >= 0.6 is 15.9 Å². The minimum atomic E-state index is -0.173. The molecule has 0 saturated carbocycles. The number of likely N-dealkylation sites (tertiary alicyclic amines) is 1. The van der Waals surface area contributed by atoms with Crippen LogP contribution in [-0.2, 0) is 6.42 Å². The first-order chi connectivity index (χ1) is 9.95. The molecule has 3 N–H and O–H groups in total. The van der Waals surface area contributed by atoms with Gasteiger partial charge in [-0.15, -0.1) is 0 Å². The Morgan fingerprint density at radius 2 is 2.00 bits per heavy atom. The van der Waals surface area contributed by atoms with E-state index >= 15 is 0 Å². The molecule has 1 aliphatic rings. The lowest BCUT2D eigenvalue weighted by Crippen LogP contribution is -2.61. The zero-order valence-electron chi connectivity index (χ0n) is 12.8. The fraction of sp³-hybridized carbons (Fsp3) is 0.625. The molecule has 1 saturated heterocycles. The highest BCUT2D eigenvalue weighted by Crippen LogP contribution is 2.27. The second-order valence-corrected chi connectivity index (χ2v) is 7.28. The average molecular weight is 358 g/mol. The zero-order valence-corrected chi connectivity index (χ0v) is 14.4. The quantitative estimate of drug-likeness (QED) is 0.627. The fourth-order valence-corrected chi connectivity index (χ4v) is 3.53. The molecule has 2 rings (SSSR count). The number of hydrazine groups is 1. The SMILES string of the molecule is CC(C)(C(Cc1cc(Br)ccc1F)NN)N1CCCCC1. The maximum absolute atomic E-state index is 14.0. The second kappa shape index (κ2) is 7.18. The van der Waals surface area contributed by atoms with E-state index in [1.807, 2.05) is 6.07 Å². The van der Waals surface area contributed by atoms with Crippen LogP contribution in [0, 0.1) is 5.82 Å². The van der Waals surface area contributed by atoms with Crippen LogP contribution in [0.2, 0.25) is 0 Å². The summed E-state index contributed by atoms with van der Waals surface area (Å²) in [6, 6.07) is 5.06. The van der Waals surface area contributed by atoms with Gasteiger partial charge in [0, 0.05) is 16.1 Å². The van der Waals surface area contributed by atoms with Crippen LogP contribution in [0.3, 0.4) is 0 Å². The van der Waals surface area contributed by atoms with E-state index < -0.39 is 0 Å². The van der Waals surface area contributed by atoms with Gasteiger partial charge in [-0.1, -0.05) is 22.4 Å². The maximum atomic E-state index is 14.0. The Bertz CT molecular complexity index is 473. The molecule has 0 amide bonds. The highest BCUT2D eigenvalue weighted by molar-refractivity contribution is 9.10. The lowest BCUT2D eigenvalue weighted by atomic mass is 9.86. The Morgan fingerprint density at radius 3 is 2.62 bits per heavy atom. The van der Waals surface area contributed by atoms with E-state index in [2.05, 4.69) is 40.1 Å². The molecule has 5 heteroatoms. The molecule has 1 atom stereocenters. The largest absolute Gasteiger partial charge is 0.297 e. The van der Waals surface area contributed by atoms with Crippen molar-refractivity contribution in [3.05, 3.63) is 34.1 Å². The third-order valence-electron chi connectivity index (χ3n) is 4.66. The van der Waals surface area contributed by atoms with Gasteiger partial charge in [-0.05, 0) is 70.0 Å². The number of piperidine rings is 1. The van der Waals surface area contributed by atoms with Gasteiger partial charge in [-0.25, -0.2) is 4.39 Å². The summed E-state index contributed by atoms with van der Waals surface area (Å²) in [6.45, 7) is 6.57. The first-order valence-corrected chi connectivity index (χ1v) is 8.39. The fourth-order valence-electron chi connectivity index (χ4n) is 3.12. The van der Waals surface area contributed by atoms with Crippen LogP contribution in [0.4, 0.5) is 4.39 Å². The molecule has 1 heterocycles. The summed E-state index contributed by atoms with van der Waals surface area (Å²) in [4.78, 5) is 2.47.